The molecule has 0 aromatic carbocycles. The normalized spacial score (nSPS) is 33.7. The Kier molecular flexibility index (Phi) is 30.0. The number of rotatable bonds is 34. The molecule has 0 spiro atoms. The van der Waals surface area contributed by atoms with Gasteiger partial charge < -0.3 is 89.9 Å². The van der Waals surface area contributed by atoms with E-state index in [0.717, 1.165) is 64.2 Å². The van der Waals surface area contributed by atoms with E-state index < -0.39 is 124 Å². The van der Waals surface area contributed by atoms with Gasteiger partial charge in [0.1, 0.15) is 73.2 Å². The molecule has 392 valence electrons. The first-order valence-corrected chi connectivity index (χ1v) is 25.1. The van der Waals surface area contributed by atoms with E-state index in [-0.39, 0.29) is 18.9 Å². The van der Waals surface area contributed by atoms with E-state index in [4.69, 9.17) is 28.4 Å². The lowest BCUT2D eigenvalue weighted by molar-refractivity contribution is -0.379. The highest BCUT2D eigenvalue weighted by molar-refractivity contribution is 5.76. The van der Waals surface area contributed by atoms with Crippen LogP contribution in [-0.2, 0) is 33.2 Å². The predicted molar refractivity (Wildman–Crippen MR) is 245 cm³/mol. The molecule has 17 atom stereocenters. The van der Waals surface area contributed by atoms with Crippen molar-refractivity contribution in [3.8, 4) is 0 Å². The summed E-state index contributed by atoms with van der Waals surface area (Å²) in [5.41, 5.74) is 0. The van der Waals surface area contributed by atoms with Crippen LogP contribution in [-0.4, -0.2) is 193 Å². The van der Waals surface area contributed by atoms with Crippen molar-refractivity contribution < 1.29 is 89.4 Å². The maximum atomic E-state index is 13.2. The predicted octanol–water partition coefficient (Wildman–Crippen LogP) is 1.25. The van der Waals surface area contributed by atoms with E-state index in [0.29, 0.717) is 6.42 Å². The van der Waals surface area contributed by atoms with Crippen LogP contribution in [0.25, 0.3) is 0 Å². The van der Waals surface area contributed by atoms with Crippen LogP contribution in [0.3, 0.4) is 0 Å². The fourth-order valence-corrected chi connectivity index (χ4v) is 8.48. The molecule has 19 nitrogen and oxygen atoms in total. The third-order valence-corrected chi connectivity index (χ3v) is 12.7. The van der Waals surface area contributed by atoms with Gasteiger partial charge in [0.2, 0.25) is 5.91 Å². The first-order chi connectivity index (χ1) is 32.3. The molecule has 3 rings (SSSR count). The second-order valence-electron chi connectivity index (χ2n) is 18.3. The number of hydrogen-bond donors (Lipinski definition) is 12. The Morgan fingerprint density at radius 3 is 1.48 bits per heavy atom. The summed E-state index contributed by atoms with van der Waals surface area (Å²) in [6, 6.07) is -0.971. The third-order valence-electron chi connectivity index (χ3n) is 12.7. The lowest BCUT2D eigenvalue weighted by atomic mass is 9.96. The quantitative estimate of drug-likeness (QED) is 0.0319. The van der Waals surface area contributed by atoms with Crippen molar-refractivity contribution in [3.63, 3.8) is 0 Å². The maximum Gasteiger partial charge on any atom is 0.220 e. The highest BCUT2D eigenvalue weighted by Crippen LogP contribution is 2.33. The van der Waals surface area contributed by atoms with E-state index >= 15 is 0 Å². The molecule has 0 radical (unpaired) electrons. The lowest BCUT2D eigenvalue weighted by Gasteiger charge is -2.48. The zero-order chi connectivity index (χ0) is 49.1. The summed E-state index contributed by atoms with van der Waals surface area (Å²) in [6.45, 7) is 1.61. The number of amides is 1. The summed E-state index contributed by atoms with van der Waals surface area (Å²) in [5, 5.41) is 119. The second-order valence-corrected chi connectivity index (χ2v) is 18.3. The number of nitrogens with one attached hydrogen (secondary N) is 1. The largest absolute Gasteiger partial charge is 0.394 e. The summed E-state index contributed by atoms with van der Waals surface area (Å²) < 4.78 is 34.0. The minimum atomic E-state index is -1.97. The maximum absolute atomic E-state index is 13.2. The number of aliphatic hydroxyl groups excluding tert-OH is 11. The molecule has 17 unspecified atom stereocenters. The average Bonchev–Trinajstić information content (AvgIpc) is 3.32. The van der Waals surface area contributed by atoms with E-state index in [1.165, 1.54) is 51.4 Å². The van der Waals surface area contributed by atoms with Crippen LogP contribution in [0, 0.1) is 0 Å². The molecule has 0 aromatic heterocycles. The highest BCUT2D eigenvalue weighted by Gasteiger charge is 2.53. The molecule has 1 amide bonds. The van der Waals surface area contributed by atoms with E-state index in [1.807, 2.05) is 6.08 Å². The van der Waals surface area contributed by atoms with Crippen LogP contribution in [0.4, 0.5) is 0 Å². The number of carbonyl (C=O) groups is 1. The van der Waals surface area contributed by atoms with Gasteiger partial charge in [-0.2, -0.15) is 0 Å². The number of ether oxygens (including phenoxy) is 6. The van der Waals surface area contributed by atoms with Gasteiger partial charge in [-0.15, -0.1) is 0 Å². The molecule has 3 aliphatic heterocycles. The summed E-state index contributed by atoms with van der Waals surface area (Å²) in [6.07, 6.45) is 1.97. The van der Waals surface area contributed by atoms with Gasteiger partial charge in [-0.1, -0.05) is 115 Å². The summed E-state index contributed by atoms with van der Waals surface area (Å²) in [4.78, 5) is 13.2. The van der Waals surface area contributed by atoms with Gasteiger partial charge in [-0.3, -0.25) is 4.79 Å². The van der Waals surface area contributed by atoms with Gasteiger partial charge in [0.05, 0.1) is 38.6 Å². The van der Waals surface area contributed by atoms with Gasteiger partial charge in [0.15, 0.2) is 18.9 Å². The summed E-state index contributed by atoms with van der Waals surface area (Å²) >= 11 is 0. The fraction of sp³-hybridized carbons (Fsp3) is 0.896. The minimum Gasteiger partial charge on any atom is -0.394 e. The Hall–Kier alpha value is -1.73. The van der Waals surface area contributed by atoms with Crippen LogP contribution in [0.5, 0.6) is 0 Å². The smallest absolute Gasteiger partial charge is 0.220 e. The molecule has 0 aliphatic carbocycles. The van der Waals surface area contributed by atoms with Crippen LogP contribution in [0.15, 0.2) is 24.3 Å². The third kappa shape index (κ3) is 20.1. The van der Waals surface area contributed by atoms with Gasteiger partial charge >= 0.3 is 0 Å². The number of hydrogen-bond acceptors (Lipinski definition) is 18. The first kappa shape index (κ1) is 59.6. The zero-order valence-corrected chi connectivity index (χ0v) is 39.9. The van der Waals surface area contributed by atoms with Crippen LogP contribution >= 0.6 is 0 Å². The van der Waals surface area contributed by atoms with Gasteiger partial charge in [-0.05, 0) is 44.9 Å². The Labute approximate surface area is 397 Å². The Balaban J connectivity index is 1.58. The minimum absolute atomic E-state index is 0.233. The van der Waals surface area contributed by atoms with Crippen LogP contribution in [0.1, 0.15) is 142 Å². The molecule has 3 fully saturated rings. The number of allylic oxidation sites excluding steroid dienone is 3. The molecule has 3 saturated heterocycles. The Morgan fingerprint density at radius 1 is 0.522 bits per heavy atom. The summed E-state index contributed by atoms with van der Waals surface area (Å²) in [5.74, 6) is -0.291. The molecule has 0 aromatic rings. The van der Waals surface area contributed by atoms with Crippen molar-refractivity contribution in [2.24, 2.45) is 0 Å². The molecular weight excluding hydrogens is 879 g/mol. The molecule has 19 heteroatoms. The molecule has 0 saturated carbocycles. The number of carbonyl (C=O) groups excluding carboxylic acids is 1. The van der Waals surface area contributed by atoms with Gasteiger partial charge in [0, 0.05) is 6.42 Å². The van der Waals surface area contributed by atoms with Crippen molar-refractivity contribution in [2.45, 2.75) is 247 Å². The topological polar surface area (TPSA) is 307 Å². The second kappa shape index (κ2) is 33.8. The highest BCUT2D eigenvalue weighted by atomic mass is 16.8. The summed E-state index contributed by atoms with van der Waals surface area (Å²) in [7, 11) is 0. The average molecular weight is 966 g/mol. The SMILES string of the molecule is CCCCC/C=C\CCCCCCCC(=O)NC(COC1OC(CO)C(OC2OC(CO)C(OC3OC(CO)C(O)C(O)C3O)C(O)C2O)C(O)C1O)C(O)/C=C/CCCCCCCCCC. The van der Waals surface area contributed by atoms with E-state index in [1.54, 1.807) is 6.08 Å². The lowest BCUT2D eigenvalue weighted by Crippen LogP contribution is -2.66. The van der Waals surface area contributed by atoms with Crippen molar-refractivity contribution in [3.05, 3.63) is 24.3 Å². The molecular formula is C48H87NO18. The fourth-order valence-electron chi connectivity index (χ4n) is 8.48. The van der Waals surface area contributed by atoms with Gasteiger partial charge in [0.25, 0.3) is 0 Å². The van der Waals surface area contributed by atoms with E-state index in [9.17, 15) is 61.0 Å². The Bertz CT molecular complexity index is 1340. The van der Waals surface area contributed by atoms with Crippen molar-refractivity contribution in [2.75, 3.05) is 26.4 Å². The van der Waals surface area contributed by atoms with Crippen molar-refractivity contribution in [1.82, 2.24) is 5.32 Å². The van der Waals surface area contributed by atoms with Crippen molar-refractivity contribution in [1.29, 1.82) is 0 Å². The molecule has 67 heavy (non-hydrogen) atoms. The molecule has 0 bridgehead atoms. The molecule has 3 heterocycles. The van der Waals surface area contributed by atoms with Crippen LogP contribution < -0.4 is 5.32 Å². The number of aliphatic hydroxyl groups is 11. The van der Waals surface area contributed by atoms with Gasteiger partial charge in [-0.25, -0.2) is 0 Å². The first-order valence-electron chi connectivity index (χ1n) is 25.1. The number of unbranched alkanes of at least 4 members (excludes halogenated alkanes) is 16. The van der Waals surface area contributed by atoms with Crippen LogP contribution in [0.2, 0.25) is 0 Å². The monoisotopic (exact) mass is 966 g/mol. The molecule has 3 aliphatic rings. The van der Waals surface area contributed by atoms with Crippen molar-refractivity contribution >= 4 is 5.91 Å². The standard InChI is InChI=1S/C48H87NO18/c1-3-5-7-9-11-13-15-16-18-20-22-24-26-36(54)49-31(32(53)25-23-21-19-17-14-12-10-8-6-4-2)30-62-46-42(60)39(57)44(34(28-51)64-46)67-48-43(61)40(58)45(35(29-52)65-48)66-47-41(59)38(56)37(55)33(27-50)63-47/h11,13,23,25,31-35,37-48,50-53,55-61H,3-10,12,14-22,24,26-30H2,1-2H3,(H,49,54)/b13-11-,25-23+. The molecule has 12 N–H and O–H groups in total. The van der Waals surface area contributed by atoms with E-state index in [2.05, 4.69) is 31.3 Å². The Morgan fingerprint density at radius 2 is 0.940 bits per heavy atom. The zero-order valence-electron chi connectivity index (χ0n) is 39.9.